The molecule has 4 aromatic rings. The minimum absolute atomic E-state index is 0.0245. The van der Waals surface area contributed by atoms with Gasteiger partial charge in [-0.05, 0) is 55.3 Å². The number of nitrogens with zero attached hydrogens (tertiary/aromatic N) is 3. The number of fused-ring (bicyclic) bond motifs is 1. The molecule has 172 valence electrons. The SMILES string of the molecule is O=C(Nc1cccc(Cl)c1)Nc1ccc(F)c(Oc2ccc3ncc(N4CCCC4)nc3c2)c1. The summed E-state index contributed by atoms with van der Waals surface area (Å²) in [6.45, 7) is 1.93. The second kappa shape index (κ2) is 9.52. The molecule has 0 atom stereocenters. The number of hydrogen-bond acceptors (Lipinski definition) is 5. The van der Waals surface area contributed by atoms with Gasteiger partial charge in [-0.1, -0.05) is 17.7 Å². The van der Waals surface area contributed by atoms with Gasteiger partial charge in [-0.2, -0.15) is 0 Å². The second-order valence-electron chi connectivity index (χ2n) is 7.91. The van der Waals surface area contributed by atoms with Gasteiger partial charge in [-0.15, -0.1) is 0 Å². The van der Waals surface area contributed by atoms with Crippen molar-refractivity contribution in [2.45, 2.75) is 12.8 Å². The lowest BCUT2D eigenvalue weighted by Crippen LogP contribution is -2.19. The van der Waals surface area contributed by atoms with Crippen LogP contribution >= 0.6 is 11.6 Å². The van der Waals surface area contributed by atoms with Gasteiger partial charge in [0.2, 0.25) is 0 Å². The van der Waals surface area contributed by atoms with E-state index in [1.54, 1.807) is 48.7 Å². The fourth-order valence-electron chi connectivity index (χ4n) is 3.79. The summed E-state index contributed by atoms with van der Waals surface area (Å²) in [4.78, 5) is 23.7. The Morgan fingerprint density at radius 3 is 2.56 bits per heavy atom. The van der Waals surface area contributed by atoms with Gasteiger partial charge in [0.05, 0.1) is 17.2 Å². The number of urea groups is 1. The van der Waals surface area contributed by atoms with E-state index in [4.69, 9.17) is 21.3 Å². The normalized spacial score (nSPS) is 13.2. The number of carbonyl (C=O) groups excluding carboxylic acids is 1. The van der Waals surface area contributed by atoms with E-state index in [0.29, 0.717) is 27.7 Å². The Morgan fingerprint density at radius 1 is 0.971 bits per heavy atom. The van der Waals surface area contributed by atoms with Crippen LogP contribution in [0.5, 0.6) is 11.5 Å². The number of amides is 2. The zero-order valence-corrected chi connectivity index (χ0v) is 18.8. The molecule has 0 bridgehead atoms. The maximum absolute atomic E-state index is 14.5. The number of aromatic nitrogens is 2. The van der Waals surface area contributed by atoms with Crippen molar-refractivity contribution >= 4 is 45.9 Å². The first-order chi connectivity index (χ1) is 16.5. The zero-order valence-electron chi connectivity index (χ0n) is 18.1. The third kappa shape index (κ3) is 5.02. The van der Waals surface area contributed by atoms with E-state index in [9.17, 15) is 9.18 Å². The average Bonchev–Trinajstić information content (AvgIpc) is 3.36. The van der Waals surface area contributed by atoms with Crippen LogP contribution < -0.4 is 20.3 Å². The fourth-order valence-corrected chi connectivity index (χ4v) is 3.98. The van der Waals surface area contributed by atoms with E-state index in [2.05, 4.69) is 20.5 Å². The Balaban J connectivity index is 1.32. The molecule has 2 heterocycles. The lowest BCUT2D eigenvalue weighted by atomic mass is 10.2. The summed E-state index contributed by atoms with van der Waals surface area (Å²) in [5, 5.41) is 5.84. The van der Waals surface area contributed by atoms with Crippen molar-refractivity contribution in [1.82, 2.24) is 9.97 Å². The van der Waals surface area contributed by atoms with Crippen LogP contribution in [0.25, 0.3) is 11.0 Å². The van der Waals surface area contributed by atoms with E-state index in [-0.39, 0.29) is 5.75 Å². The summed E-state index contributed by atoms with van der Waals surface area (Å²) in [6, 6.07) is 15.6. The van der Waals surface area contributed by atoms with Crippen LogP contribution in [0.15, 0.2) is 66.9 Å². The Kier molecular flexibility index (Phi) is 6.14. The van der Waals surface area contributed by atoms with Crippen LogP contribution in [0.4, 0.5) is 26.4 Å². The highest BCUT2D eigenvalue weighted by Gasteiger charge is 2.15. The summed E-state index contributed by atoms with van der Waals surface area (Å²) in [5.74, 6) is 0.659. The van der Waals surface area contributed by atoms with Crippen molar-refractivity contribution in [2.75, 3.05) is 28.6 Å². The lowest BCUT2D eigenvalue weighted by molar-refractivity contribution is 0.262. The minimum Gasteiger partial charge on any atom is -0.454 e. The Morgan fingerprint density at radius 2 is 1.76 bits per heavy atom. The molecular formula is C25H21ClFN5O2. The first kappa shape index (κ1) is 21.9. The number of hydrogen-bond donors (Lipinski definition) is 2. The summed E-state index contributed by atoms with van der Waals surface area (Å²) in [6.07, 6.45) is 4.06. The molecule has 2 amide bonds. The molecule has 0 radical (unpaired) electrons. The number of benzene rings is 3. The van der Waals surface area contributed by atoms with E-state index >= 15 is 0 Å². The number of halogens is 2. The third-order valence-corrected chi connectivity index (χ3v) is 5.67. The monoisotopic (exact) mass is 477 g/mol. The quantitative estimate of drug-likeness (QED) is 0.345. The highest BCUT2D eigenvalue weighted by molar-refractivity contribution is 6.30. The van der Waals surface area contributed by atoms with Gasteiger partial charge in [-0.25, -0.2) is 14.2 Å². The molecule has 1 aromatic heterocycles. The highest BCUT2D eigenvalue weighted by atomic mass is 35.5. The molecule has 1 aliphatic rings. The number of carbonyl (C=O) groups is 1. The second-order valence-corrected chi connectivity index (χ2v) is 8.35. The van der Waals surface area contributed by atoms with Crippen molar-refractivity contribution < 1.29 is 13.9 Å². The molecule has 2 N–H and O–H groups in total. The van der Waals surface area contributed by atoms with Crippen LogP contribution in [0, 0.1) is 5.82 Å². The van der Waals surface area contributed by atoms with E-state index in [1.165, 1.54) is 18.2 Å². The number of anilines is 3. The van der Waals surface area contributed by atoms with Gasteiger partial charge < -0.3 is 20.3 Å². The fraction of sp³-hybridized carbons (Fsp3) is 0.160. The minimum atomic E-state index is -0.558. The van der Waals surface area contributed by atoms with Crippen LogP contribution in [-0.4, -0.2) is 29.1 Å². The van der Waals surface area contributed by atoms with Gasteiger partial charge >= 0.3 is 6.03 Å². The average molecular weight is 478 g/mol. The lowest BCUT2D eigenvalue weighted by Gasteiger charge is -2.16. The summed E-state index contributed by atoms with van der Waals surface area (Å²) in [5.41, 5.74) is 2.29. The molecule has 1 aliphatic heterocycles. The first-order valence-corrected chi connectivity index (χ1v) is 11.2. The van der Waals surface area contributed by atoms with Gasteiger partial charge in [0.25, 0.3) is 0 Å². The van der Waals surface area contributed by atoms with Crippen LogP contribution in [0.1, 0.15) is 12.8 Å². The van der Waals surface area contributed by atoms with E-state index in [1.807, 2.05) is 0 Å². The molecule has 0 unspecified atom stereocenters. The Labute approximate surface area is 200 Å². The van der Waals surface area contributed by atoms with E-state index < -0.39 is 11.8 Å². The summed E-state index contributed by atoms with van der Waals surface area (Å²) in [7, 11) is 0. The maximum Gasteiger partial charge on any atom is 0.323 e. The van der Waals surface area contributed by atoms with Gasteiger partial charge in [-0.3, -0.25) is 4.98 Å². The van der Waals surface area contributed by atoms with Gasteiger partial charge in [0, 0.05) is 41.6 Å². The molecule has 9 heteroatoms. The molecule has 0 saturated carbocycles. The molecule has 1 fully saturated rings. The van der Waals surface area contributed by atoms with Crippen molar-refractivity contribution in [3.63, 3.8) is 0 Å². The Bertz CT molecular complexity index is 1360. The molecule has 0 aliphatic carbocycles. The largest absolute Gasteiger partial charge is 0.454 e. The van der Waals surface area contributed by atoms with Gasteiger partial charge in [0.15, 0.2) is 11.6 Å². The first-order valence-electron chi connectivity index (χ1n) is 10.9. The highest BCUT2D eigenvalue weighted by Crippen LogP contribution is 2.30. The predicted octanol–water partition coefficient (Wildman–Crippen LogP) is 6.46. The standard InChI is InChI=1S/C25H21ClFN5O2/c26-16-4-3-5-17(12-16)29-25(33)30-18-6-8-20(27)23(13-18)34-19-7-9-21-22(14-19)31-24(15-28-21)32-10-1-2-11-32/h3-9,12-15H,1-2,10-11H2,(H2,29,30,33). The molecule has 3 aromatic carbocycles. The van der Waals surface area contributed by atoms with Crippen molar-refractivity contribution in [1.29, 1.82) is 0 Å². The van der Waals surface area contributed by atoms with E-state index in [0.717, 1.165) is 37.3 Å². The van der Waals surface area contributed by atoms with Crippen LogP contribution in [-0.2, 0) is 0 Å². The number of nitrogens with one attached hydrogen (secondary N) is 2. The maximum atomic E-state index is 14.5. The Hall–Kier alpha value is -3.91. The molecule has 0 spiro atoms. The van der Waals surface area contributed by atoms with Crippen molar-refractivity contribution in [3.8, 4) is 11.5 Å². The smallest absolute Gasteiger partial charge is 0.323 e. The third-order valence-electron chi connectivity index (χ3n) is 5.43. The van der Waals surface area contributed by atoms with Gasteiger partial charge in [0.1, 0.15) is 11.6 Å². The molecule has 34 heavy (non-hydrogen) atoms. The van der Waals surface area contributed by atoms with Crippen LogP contribution in [0.3, 0.4) is 0 Å². The van der Waals surface area contributed by atoms with Crippen molar-refractivity contribution in [2.24, 2.45) is 0 Å². The molecule has 5 rings (SSSR count). The molecular weight excluding hydrogens is 457 g/mol. The number of rotatable bonds is 5. The number of ether oxygens (including phenoxy) is 1. The summed E-state index contributed by atoms with van der Waals surface area (Å²) < 4.78 is 20.3. The van der Waals surface area contributed by atoms with Crippen molar-refractivity contribution in [3.05, 3.63) is 77.7 Å². The molecule has 7 nitrogen and oxygen atoms in total. The predicted molar refractivity (Wildman–Crippen MR) is 132 cm³/mol. The van der Waals surface area contributed by atoms with Crippen LogP contribution in [0.2, 0.25) is 5.02 Å². The molecule has 1 saturated heterocycles. The summed E-state index contributed by atoms with van der Waals surface area (Å²) >= 11 is 5.94. The zero-order chi connectivity index (χ0) is 23.5. The topological polar surface area (TPSA) is 79.4 Å².